The molecule has 3 atom stereocenters. The predicted octanol–water partition coefficient (Wildman–Crippen LogP) is 0.662. The highest BCUT2D eigenvalue weighted by atomic mass is 16.3. The Bertz CT molecular complexity index is 547. The van der Waals surface area contributed by atoms with Crippen LogP contribution in [0.5, 0.6) is 5.75 Å². The van der Waals surface area contributed by atoms with Gasteiger partial charge in [0.2, 0.25) is 0 Å². The molecule has 2 bridgehead atoms. The first-order valence-corrected chi connectivity index (χ1v) is 7.65. The van der Waals surface area contributed by atoms with Gasteiger partial charge in [0.25, 0.3) is 0 Å². The standard InChI is InChI=1S/C16H22N2O2/c19-12-2-1-11-9-14-16(20)5-7-17-6-3-15(16,4-8-18-14)13(11)10-12/h1-2,10,14,17-20H,3-9H2. The minimum absolute atomic E-state index is 0.133. The summed E-state index contributed by atoms with van der Waals surface area (Å²) in [5.74, 6) is 0.315. The fraction of sp³-hybridized carbons (Fsp3) is 0.625. The zero-order chi connectivity index (χ0) is 13.8. The van der Waals surface area contributed by atoms with Gasteiger partial charge in [0.1, 0.15) is 5.75 Å². The number of hydrogen-bond acceptors (Lipinski definition) is 4. The Hall–Kier alpha value is -1.10. The fourth-order valence-corrected chi connectivity index (χ4v) is 4.79. The van der Waals surface area contributed by atoms with Crippen LogP contribution in [0.2, 0.25) is 0 Å². The van der Waals surface area contributed by atoms with Crippen molar-refractivity contribution in [1.82, 2.24) is 10.6 Å². The monoisotopic (exact) mass is 274 g/mol. The summed E-state index contributed by atoms with van der Waals surface area (Å²) in [7, 11) is 0. The SMILES string of the molecule is Oc1ccc2c(c1)C13CCNCCC1(O)C(C2)NCC3. The van der Waals surface area contributed by atoms with Crippen LogP contribution < -0.4 is 10.6 Å². The van der Waals surface area contributed by atoms with Crippen molar-refractivity contribution >= 4 is 0 Å². The van der Waals surface area contributed by atoms with Crippen LogP contribution in [-0.2, 0) is 11.8 Å². The van der Waals surface area contributed by atoms with Crippen molar-refractivity contribution in [3.8, 4) is 5.75 Å². The van der Waals surface area contributed by atoms with Gasteiger partial charge in [0, 0.05) is 11.5 Å². The van der Waals surface area contributed by atoms with Crippen LogP contribution >= 0.6 is 0 Å². The molecule has 1 aliphatic carbocycles. The Balaban J connectivity index is 1.96. The van der Waals surface area contributed by atoms with E-state index in [2.05, 4.69) is 10.6 Å². The average Bonchev–Trinajstić information content (AvgIpc) is 2.60. The van der Waals surface area contributed by atoms with E-state index in [4.69, 9.17) is 0 Å². The normalized spacial score (nSPS) is 39.5. The molecule has 2 aliphatic heterocycles. The maximum Gasteiger partial charge on any atom is 0.115 e. The Morgan fingerprint density at radius 1 is 1.10 bits per heavy atom. The zero-order valence-electron chi connectivity index (χ0n) is 11.7. The highest BCUT2D eigenvalue weighted by Gasteiger charge is 2.60. The van der Waals surface area contributed by atoms with Gasteiger partial charge in [0.15, 0.2) is 0 Å². The second-order valence-corrected chi connectivity index (χ2v) is 6.56. The summed E-state index contributed by atoms with van der Waals surface area (Å²) in [5, 5.41) is 28.4. The molecule has 4 heteroatoms. The molecule has 108 valence electrons. The highest BCUT2D eigenvalue weighted by Crippen LogP contribution is 2.53. The third-order valence-corrected chi connectivity index (χ3v) is 5.79. The van der Waals surface area contributed by atoms with E-state index in [1.165, 1.54) is 11.1 Å². The van der Waals surface area contributed by atoms with E-state index < -0.39 is 5.60 Å². The number of rotatable bonds is 0. The number of hydrogen-bond donors (Lipinski definition) is 4. The molecular formula is C16H22N2O2. The molecule has 1 aromatic rings. The van der Waals surface area contributed by atoms with Gasteiger partial charge in [-0.05, 0) is 68.6 Å². The molecule has 0 saturated carbocycles. The molecular weight excluding hydrogens is 252 g/mol. The first-order valence-electron chi connectivity index (χ1n) is 7.65. The summed E-state index contributed by atoms with van der Waals surface area (Å²) in [4.78, 5) is 0. The van der Waals surface area contributed by atoms with Crippen LogP contribution in [0.25, 0.3) is 0 Å². The van der Waals surface area contributed by atoms with Crippen LogP contribution in [0.4, 0.5) is 0 Å². The molecule has 3 unspecified atom stereocenters. The third-order valence-electron chi connectivity index (χ3n) is 5.79. The van der Waals surface area contributed by atoms with Crippen molar-refractivity contribution in [2.45, 2.75) is 42.7 Å². The van der Waals surface area contributed by atoms with Crippen molar-refractivity contribution < 1.29 is 10.2 Å². The van der Waals surface area contributed by atoms with Crippen molar-refractivity contribution in [2.24, 2.45) is 0 Å². The van der Waals surface area contributed by atoms with Crippen molar-refractivity contribution in [2.75, 3.05) is 19.6 Å². The second-order valence-electron chi connectivity index (χ2n) is 6.56. The molecule has 3 aliphatic rings. The van der Waals surface area contributed by atoms with Crippen molar-refractivity contribution in [3.63, 3.8) is 0 Å². The summed E-state index contributed by atoms with van der Waals surface area (Å²) < 4.78 is 0. The number of aromatic hydroxyl groups is 1. The minimum atomic E-state index is -0.699. The lowest BCUT2D eigenvalue weighted by Gasteiger charge is -2.58. The lowest BCUT2D eigenvalue weighted by Crippen LogP contribution is -2.70. The van der Waals surface area contributed by atoms with Crippen LogP contribution in [0.3, 0.4) is 0 Å². The Morgan fingerprint density at radius 2 is 1.90 bits per heavy atom. The maximum atomic E-state index is 11.5. The smallest absolute Gasteiger partial charge is 0.115 e. The molecule has 0 radical (unpaired) electrons. The molecule has 4 nitrogen and oxygen atoms in total. The molecule has 2 fully saturated rings. The Labute approximate surface area is 119 Å². The van der Waals surface area contributed by atoms with Gasteiger partial charge in [0.05, 0.1) is 5.60 Å². The molecule has 0 amide bonds. The molecule has 4 N–H and O–H groups in total. The molecule has 1 aromatic carbocycles. The van der Waals surface area contributed by atoms with Gasteiger partial charge in [-0.3, -0.25) is 0 Å². The first-order chi connectivity index (χ1) is 9.66. The number of aliphatic hydroxyl groups is 1. The van der Waals surface area contributed by atoms with E-state index in [0.29, 0.717) is 5.75 Å². The molecule has 0 aromatic heterocycles. The molecule has 4 rings (SSSR count). The summed E-state index contributed by atoms with van der Waals surface area (Å²) in [6.07, 6.45) is 3.52. The summed E-state index contributed by atoms with van der Waals surface area (Å²) in [5.41, 5.74) is 1.56. The van der Waals surface area contributed by atoms with Crippen LogP contribution in [0.15, 0.2) is 18.2 Å². The van der Waals surface area contributed by atoms with Crippen LogP contribution in [0.1, 0.15) is 30.4 Å². The number of benzene rings is 1. The van der Waals surface area contributed by atoms with Crippen molar-refractivity contribution in [3.05, 3.63) is 29.3 Å². The average molecular weight is 274 g/mol. The molecule has 2 saturated heterocycles. The van der Waals surface area contributed by atoms with E-state index >= 15 is 0 Å². The van der Waals surface area contributed by atoms with Crippen LogP contribution in [0, 0.1) is 0 Å². The van der Waals surface area contributed by atoms with E-state index in [1.807, 2.05) is 12.1 Å². The second kappa shape index (κ2) is 4.20. The van der Waals surface area contributed by atoms with Gasteiger partial charge in [-0.2, -0.15) is 0 Å². The van der Waals surface area contributed by atoms with E-state index in [1.54, 1.807) is 6.07 Å². The van der Waals surface area contributed by atoms with Crippen LogP contribution in [-0.4, -0.2) is 41.5 Å². The van der Waals surface area contributed by atoms with E-state index in [9.17, 15) is 10.2 Å². The van der Waals surface area contributed by atoms with Gasteiger partial charge < -0.3 is 20.8 Å². The summed E-state index contributed by atoms with van der Waals surface area (Å²) in [6.45, 7) is 2.75. The maximum absolute atomic E-state index is 11.5. The minimum Gasteiger partial charge on any atom is -0.508 e. The topological polar surface area (TPSA) is 64.5 Å². The lowest BCUT2D eigenvalue weighted by molar-refractivity contribution is -0.102. The first kappa shape index (κ1) is 12.6. The number of piperidine rings is 1. The van der Waals surface area contributed by atoms with Gasteiger partial charge >= 0.3 is 0 Å². The molecule has 2 heterocycles. The number of nitrogens with one attached hydrogen (secondary N) is 2. The Kier molecular flexibility index (Phi) is 2.65. The molecule has 0 spiro atoms. The van der Waals surface area contributed by atoms with Gasteiger partial charge in [-0.15, -0.1) is 0 Å². The number of fused-ring (bicyclic) bond motifs is 1. The molecule has 20 heavy (non-hydrogen) atoms. The summed E-state index contributed by atoms with van der Waals surface area (Å²) >= 11 is 0. The van der Waals surface area contributed by atoms with Gasteiger partial charge in [-0.25, -0.2) is 0 Å². The predicted molar refractivity (Wildman–Crippen MR) is 77.0 cm³/mol. The summed E-state index contributed by atoms with van der Waals surface area (Å²) in [6, 6.07) is 5.83. The number of phenols is 1. The number of phenolic OH excluding ortho intramolecular Hbond substituents is 1. The van der Waals surface area contributed by atoms with Crippen molar-refractivity contribution in [1.29, 1.82) is 0 Å². The van der Waals surface area contributed by atoms with E-state index in [-0.39, 0.29) is 11.5 Å². The Morgan fingerprint density at radius 3 is 2.80 bits per heavy atom. The zero-order valence-corrected chi connectivity index (χ0v) is 11.7. The largest absolute Gasteiger partial charge is 0.508 e. The lowest BCUT2D eigenvalue weighted by atomic mass is 9.53. The fourth-order valence-electron chi connectivity index (χ4n) is 4.79. The quantitative estimate of drug-likeness (QED) is 0.561. The third kappa shape index (κ3) is 1.47. The highest BCUT2D eigenvalue weighted by molar-refractivity contribution is 5.47. The van der Waals surface area contributed by atoms with Gasteiger partial charge in [-0.1, -0.05) is 6.07 Å². The van der Waals surface area contributed by atoms with E-state index in [0.717, 1.165) is 45.3 Å².